The van der Waals surface area contributed by atoms with E-state index in [0.29, 0.717) is 24.5 Å². The lowest BCUT2D eigenvalue weighted by Gasteiger charge is -2.06. The third-order valence-electron chi connectivity index (χ3n) is 2.21. The zero-order valence-corrected chi connectivity index (χ0v) is 9.81. The van der Waals surface area contributed by atoms with Gasteiger partial charge in [-0.1, -0.05) is 17.4 Å². The van der Waals surface area contributed by atoms with Gasteiger partial charge in [-0.3, -0.25) is 4.79 Å². The fourth-order valence-corrected chi connectivity index (χ4v) is 1.99. The summed E-state index contributed by atoms with van der Waals surface area (Å²) in [5.41, 5.74) is 0.565. The Morgan fingerprint density at radius 3 is 3.06 bits per heavy atom. The van der Waals surface area contributed by atoms with Crippen LogP contribution in [-0.2, 0) is 6.54 Å². The Morgan fingerprint density at radius 1 is 1.47 bits per heavy atom. The molecule has 17 heavy (non-hydrogen) atoms. The smallest absolute Gasteiger partial charge is 0.307 e. The van der Waals surface area contributed by atoms with Crippen molar-refractivity contribution < 1.29 is 4.74 Å². The van der Waals surface area contributed by atoms with Crippen molar-refractivity contribution in [1.29, 1.82) is 5.26 Å². The second-order valence-electron chi connectivity index (χ2n) is 3.35. The molecule has 1 heterocycles. The van der Waals surface area contributed by atoms with Crippen LogP contribution < -0.4 is 9.61 Å². The predicted octanol–water partition coefficient (Wildman–Crippen LogP) is 1.86. The van der Waals surface area contributed by atoms with E-state index in [1.807, 2.05) is 6.07 Å². The molecule has 0 saturated carbocycles. The Labute approximate surface area is 102 Å². The summed E-state index contributed by atoms with van der Waals surface area (Å²) < 4.78 is 7.07. The third-order valence-corrected chi connectivity index (χ3v) is 2.90. The first kappa shape index (κ1) is 11.4. The van der Waals surface area contributed by atoms with Crippen LogP contribution in [0.5, 0.6) is 5.75 Å². The molecule has 1 aromatic heterocycles. The van der Waals surface area contributed by atoms with Crippen LogP contribution in [0.3, 0.4) is 0 Å². The standard InChI is InChI=1S/C12H10N2O2S/c13-9-10-2-1-3-11(8-10)16-6-4-14-5-7-17-12(14)15/h1-3,5,7-8H,4,6H2. The molecule has 5 heteroatoms. The SMILES string of the molecule is N#Cc1cccc(OCCn2ccsc2=O)c1. The van der Waals surface area contributed by atoms with Crippen LogP contribution in [-0.4, -0.2) is 11.2 Å². The fourth-order valence-electron chi connectivity index (χ4n) is 1.37. The van der Waals surface area contributed by atoms with Gasteiger partial charge in [-0.15, -0.1) is 0 Å². The van der Waals surface area contributed by atoms with Gasteiger partial charge in [0.05, 0.1) is 18.2 Å². The summed E-state index contributed by atoms with van der Waals surface area (Å²) in [6.07, 6.45) is 1.74. The summed E-state index contributed by atoms with van der Waals surface area (Å²) in [4.78, 5) is 11.3. The van der Waals surface area contributed by atoms with Crippen LogP contribution in [0.4, 0.5) is 0 Å². The highest BCUT2D eigenvalue weighted by molar-refractivity contribution is 7.07. The van der Waals surface area contributed by atoms with E-state index in [2.05, 4.69) is 0 Å². The minimum Gasteiger partial charge on any atom is -0.492 e. The Bertz CT molecular complexity index is 595. The summed E-state index contributed by atoms with van der Waals surface area (Å²) in [5, 5.41) is 10.5. The largest absolute Gasteiger partial charge is 0.492 e. The van der Waals surface area contributed by atoms with E-state index < -0.39 is 0 Å². The summed E-state index contributed by atoms with van der Waals surface area (Å²) in [6.45, 7) is 0.921. The van der Waals surface area contributed by atoms with Crippen LogP contribution in [0.15, 0.2) is 40.6 Å². The normalized spacial score (nSPS) is 9.82. The number of nitrogens with zero attached hydrogens (tertiary/aromatic N) is 2. The van der Waals surface area contributed by atoms with Gasteiger partial charge in [0.1, 0.15) is 12.4 Å². The quantitative estimate of drug-likeness (QED) is 0.827. The number of hydrogen-bond acceptors (Lipinski definition) is 4. The van der Waals surface area contributed by atoms with Gasteiger partial charge in [-0.05, 0) is 18.2 Å². The maximum absolute atomic E-state index is 11.2. The minimum absolute atomic E-state index is 0.0133. The van der Waals surface area contributed by atoms with E-state index in [4.69, 9.17) is 10.00 Å². The van der Waals surface area contributed by atoms with Crippen molar-refractivity contribution in [2.24, 2.45) is 0 Å². The molecule has 0 saturated heterocycles. The van der Waals surface area contributed by atoms with Gasteiger partial charge in [0, 0.05) is 11.6 Å². The highest BCUT2D eigenvalue weighted by atomic mass is 32.1. The number of thiazole rings is 1. The molecule has 0 atom stereocenters. The Balaban J connectivity index is 1.92. The maximum Gasteiger partial charge on any atom is 0.307 e. The predicted molar refractivity (Wildman–Crippen MR) is 65.2 cm³/mol. The molecule has 0 amide bonds. The van der Waals surface area contributed by atoms with Crippen molar-refractivity contribution >= 4 is 11.3 Å². The maximum atomic E-state index is 11.2. The zero-order chi connectivity index (χ0) is 12.1. The van der Waals surface area contributed by atoms with Gasteiger partial charge in [-0.2, -0.15) is 5.26 Å². The molecule has 4 nitrogen and oxygen atoms in total. The topological polar surface area (TPSA) is 55.0 Å². The number of benzene rings is 1. The molecule has 0 bridgehead atoms. The lowest BCUT2D eigenvalue weighted by atomic mass is 10.2. The van der Waals surface area contributed by atoms with Crippen molar-refractivity contribution in [2.75, 3.05) is 6.61 Å². The third kappa shape index (κ3) is 2.95. The van der Waals surface area contributed by atoms with Crippen LogP contribution in [0.2, 0.25) is 0 Å². The van der Waals surface area contributed by atoms with Gasteiger partial charge in [0.2, 0.25) is 0 Å². The molecule has 0 radical (unpaired) electrons. The highest BCUT2D eigenvalue weighted by Gasteiger charge is 1.98. The molecule has 0 aliphatic carbocycles. The summed E-state index contributed by atoms with van der Waals surface area (Å²) in [7, 11) is 0. The molecule has 0 spiro atoms. The van der Waals surface area contributed by atoms with E-state index >= 15 is 0 Å². The van der Waals surface area contributed by atoms with E-state index in [0.717, 1.165) is 0 Å². The average Bonchev–Trinajstić information content (AvgIpc) is 2.76. The summed E-state index contributed by atoms with van der Waals surface area (Å²) in [6, 6.07) is 9.00. The average molecular weight is 246 g/mol. The first-order chi connectivity index (χ1) is 8.29. The van der Waals surface area contributed by atoms with Crippen molar-refractivity contribution in [3.8, 4) is 11.8 Å². The van der Waals surface area contributed by atoms with E-state index in [1.165, 1.54) is 11.3 Å². The fraction of sp³-hybridized carbons (Fsp3) is 0.167. The van der Waals surface area contributed by atoms with Crippen molar-refractivity contribution in [2.45, 2.75) is 6.54 Å². The molecule has 86 valence electrons. The first-order valence-electron chi connectivity index (χ1n) is 5.06. The van der Waals surface area contributed by atoms with Crippen molar-refractivity contribution in [3.63, 3.8) is 0 Å². The molecule has 0 aliphatic heterocycles. The molecule has 0 aliphatic rings. The number of ether oxygens (including phenoxy) is 1. The molecule has 0 unspecified atom stereocenters. The number of nitriles is 1. The summed E-state index contributed by atoms with van der Waals surface area (Å²) >= 11 is 1.17. The van der Waals surface area contributed by atoms with Gasteiger partial charge in [0.25, 0.3) is 0 Å². The van der Waals surface area contributed by atoms with Gasteiger partial charge in [-0.25, -0.2) is 0 Å². The van der Waals surface area contributed by atoms with Crippen LogP contribution in [0, 0.1) is 11.3 Å². The van der Waals surface area contributed by atoms with E-state index in [9.17, 15) is 4.79 Å². The Kier molecular flexibility index (Phi) is 3.58. The lowest BCUT2D eigenvalue weighted by Crippen LogP contribution is -2.16. The monoisotopic (exact) mass is 246 g/mol. The highest BCUT2D eigenvalue weighted by Crippen LogP contribution is 2.12. The van der Waals surface area contributed by atoms with E-state index in [1.54, 1.807) is 40.4 Å². The Morgan fingerprint density at radius 2 is 2.35 bits per heavy atom. The minimum atomic E-state index is 0.0133. The van der Waals surface area contributed by atoms with Crippen LogP contribution in [0.25, 0.3) is 0 Å². The molecule has 1 aromatic carbocycles. The van der Waals surface area contributed by atoms with E-state index in [-0.39, 0.29) is 4.87 Å². The van der Waals surface area contributed by atoms with Crippen LogP contribution in [0.1, 0.15) is 5.56 Å². The first-order valence-corrected chi connectivity index (χ1v) is 5.94. The number of hydrogen-bond donors (Lipinski definition) is 0. The van der Waals surface area contributed by atoms with Gasteiger partial charge in [0.15, 0.2) is 0 Å². The molecular weight excluding hydrogens is 236 g/mol. The number of rotatable bonds is 4. The lowest BCUT2D eigenvalue weighted by molar-refractivity contribution is 0.297. The van der Waals surface area contributed by atoms with Crippen LogP contribution >= 0.6 is 11.3 Å². The molecule has 2 rings (SSSR count). The molecule has 2 aromatic rings. The van der Waals surface area contributed by atoms with Crippen molar-refractivity contribution in [3.05, 3.63) is 51.1 Å². The Hall–Kier alpha value is -2.06. The molecular formula is C12H10N2O2S. The van der Waals surface area contributed by atoms with Gasteiger partial charge >= 0.3 is 4.87 Å². The summed E-state index contributed by atoms with van der Waals surface area (Å²) in [5.74, 6) is 0.646. The molecule has 0 N–H and O–H groups in total. The second kappa shape index (κ2) is 5.32. The zero-order valence-electron chi connectivity index (χ0n) is 9.00. The molecule has 0 fully saturated rings. The number of aromatic nitrogens is 1. The second-order valence-corrected chi connectivity index (χ2v) is 4.21. The van der Waals surface area contributed by atoms with Crippen molar-refractivity contribution in [1.82, 2.24) is 4.57 Å². The van der Waals surface area contributed by atoms with Gasteiger partial charge < -0.3 is 9.30 Å².